The number of benzene rings is 1. The van der Waals surface area contributed by atoms with Gasteiger partial charge >= 0.3 is 5.97 Å². The van der Waals surface area contributed by atoms with Crippen LogP contribution in [0.4, 0.5) is 4.39 Å². The summed E-state index contributed by atoms with van der Waals surface area (Å²) in [5, 5.41) is 6.23. The number of hydrogen-bond donors (Lipinski definition) is 2. The van der Waals surface area contributed by atoms with Crippen molar-refractivity contribution in [3.8, 4) is 0 Å². The van der Waals surface area contributed by atoms with E-state index in [1.165, 1.54) is 16.1 Å². The maximum absolute atomic E-state index is 15.5. The van der Waals surface area contributed by atoms with Gasteiger partial charge in [-0.1, -0.05) is 19.1 Å². The standard InChI is InChI=1S/C21H23FN3O4PS/c1-3-11-28-19(26)14-24-30(29-25-9-5-4-6-10-25)20(22)15-7-8-17-16(12-15)13-18(31-17)21(27)23-2/h4-10,12-13,20,24H,3,11,14H2,1-2H3/p+1. The highest BCUT2D eigenvalue weighted by Crippen LogP contribution is 2.47. The molecule has 0 aliphatic heterocycles. The molecule has 0 bridgehead atoms. The summed E-state index contributed by atoms with van der Waals surface area (Å²) in [7, 11) is -0.348. The van der Waals surface area contributed by atoms with Crippen LogP contribution in [0.1, 0.15) is 34.5 Å². The van der Waals surface area contributed by atoms with E-state index < -0.39 is 20.2 Å². The molecule has 2 N–H and O–H groups in total. The van der Waals surface area contributed by atoms with Gasteiger partial charge in [-0.3, -0.25) is 9.59 Å². The lowest BCUT2D eigenvalue weighted by molar-refractivity contribution is -0.857. The number of nitrogens with one attached hydrogen (secondary N) is 2. The molecule has 1 amide bonds. The van der Waals surface area contributed by atoms with E-state index in [1.54, 1.807) is 55.8 Å². The summed E-state index contributed by atoms with van der Waals surface area (Å²) in [6, 6.07) is 12.2. The Morgan fingerprint density at radius 1 is 1.23 bits per heavy atom. The SMILES string of the molecule is CCCOC(=O)CNP(O[n+]1ccccc1)C(F)c1ccc2sc(C(=O)NC)cc2c1. The van der Waals surface area contributed by atoms with E-state index in [1.807, 2.05) is 13.0 Å². The van der Waals surface area contributed by atoms with E-state index in [-0.39, 0.29) is 12.5 Å². The van der Waals surface area contributed by atoms with Gasteiger partial charge in [0.15, 0.2) is 0 Å². The molecule has 2 unspecified atom stereocenters. The van der Waals surface area contributed by atoms with Crippen molar-refractivity contribution in [3.63, 3.8) is 0 Å². The molecule has 0 saturated heterocycles. The van der Waals surface area contributed by atoms with E-state index in [4.69, 9.17) is 9.36 Å². The highest BCUT2D eigenvalue weighted by molar-refractivity contribution is 7.50. The molecule has 3 aromatic rings. The van der Waals surface area contributed by atoms with Gasteiger partial charge in [-0.2, -0.15) is 0 Å². The number of fused-ring (bicyclic) bond motifs is 1. The lowest BCUT2D eigenvalue weighted by atomic mass is 10.2. The third-order valence-electron chi connectivity index (χ3n) is 4.19. The summed E-state index contributed by atoms with van der Waals surface area (Å²) in [6.45, 7) is 2.05. The maximum atomic E-state index is 15.5. The molecule has 164 valence electrons. The Bertz CT molecular complexity index is 1030. The van der Waals surface area contributed by atoms with Crippen molar-refractivity contribution in [2.75, 3.05) is 20.2 Å². The first-order chi connectivity index (χ1) is 15.0. The molecule has 2 aromatic heterocycles. The van der Waals surface area contributed by atoms with E-state index in [0.717, 1.165) is 10.1 Å². The second-order valence-corrected chi connectivity index (χ2v) is 9.19. The number of carbonyl (C=O) groups excluding carboxylic acids is 2. The number of esters is 1. The molecule has 1 aromatic carbocycles. The van der Waals surface area contributed by atoms with Crippen LogP contribution < -0.4 is 19.8 Å². The summed E-state index contributed by atoms with van der Waals surface area (Å²) < 4.78 is 28.7. The molecule has 31 heavy (non-hydrogen) atoms. The van der Waals surface area contributed by atoms with Crippen LogP contribution in [0.15, 0.2) is 54.9 Å². The van der Waals surface area contributed by atoms with E-state index in [0.29, 0.717) is 23.5 Å². The minimum Gasteiger partial charge on any atom is -0.465 e. The van der Waals surface area contributed by atoms with Crippen molar-refractivity contribution in [3.05, 3.63) is 65.3 Å². The minimum atomic E-state index is -1.92. The van der Waals surface area contributed by atoms with Gasteiger partial charge in [0.05, 0.1) is 11.5 Å². The fourth-order valence-electron chi connectivity index (χ4n) is 2.68. The van der Waals surface area contributed by atoms with Crippen LogP contribution in [0.25, 0.3) is 10.1 Å². The highest BCUT2D eigenvalue weighted by atomic mass is 32.1. The summed E-state index contributed by atoms with van der Waals surface area (Å²) in [5.41, 5.74) is 0.394. The van der Waals surface area contributed by atoms with E-state index >= 15 is 4.39 Å². The van der Waals surface area contributed by atoms with Crippen molar-refractivity contribution >= 4 is 41.6 Å². The molecular weight excluding hydrogens is 440 g/mol. The molecule has 3 rings (SSSR count). The number of hydrogen-bond acceptors (Lipinski definition) is 6. The number of alkyl halides is 1. The molecule has 0 aliphatic rings. The molecule has 0 saturated carbocycles. The number of nitrogens with zero attached hydrogens (tertiary/aromatic N) is 1. The van der Waals surface area contributed by atoms with Crippen molar-refractivity contribution in [2.45, 2.75) is 19.3 Å². The summed E-state index contributed by atoms with van der Waals surface area (Å²) >= 11 is 1.34. The third-order valence-corrected chi connectivity index (χ3v) is 6.85. The zero-order chi connectivity index (χ0) is 22.2. The fourth-order valence-corrected chi connectivity index (χ4v) is 5.00. The Labute approximate surface area is 185 Å². The number of amides is 1. The van der Waals surface area contributed by atoms with Crippen LogP contribution in [0, 0.1) is 0 Å². The van der Waals surface area contributed by atoms with Crippen LogP contribution in [0.5, 0.6) is 0 Å². The van der Waals surface area contributed by atoms with Crippen LogP contribution in [0.2, 0.25) is 0 Å². The minimum absolute atomic E-state index is 0.166. The Kier molecular flexibility index (Phi) is 8.28. The Morgan fingerprint density at radius 2 is 2.00 bits per heavy atom. The smallest absolute Gasteiger partial charge is 0.320 e. The maximum Gasteiger partial charge on any atom is 0.320 e. The molecule has 0 aliphatic carbocycles. The first-order valence-electron chi connectivity index (χ1n) is 9.74. The topological polar surface area (TPSA) is 80.5 Å². The average molecular weight is 464 g/mol. The monoisotopic (exact) mass is 464 g/mol. The number of rotatable bonds is 10. The van der Waals surface area contributed by atoms with Crippen molar-refractivity contribution in [1.29, 1.82) is 0 Å². The Morgan fingerprint density at radius 3 is 2.71 bits per heavy atom. The fraction of sp³-hybridized carbons (Fsp3) is 0.286. The molecule has 7 nitrogen and oxygen atoms in total. The van der Waals surface area contributed by atoms with Gasteiger partial charge < -0.3 is 10.1 Å². The van der Waals surface area contributed by atoms with Crippen molar-refractivity contribution in [2.24, 2.45) is 0 Å². The lowest BCUT2D eigenvalue weighted by Crippen LogP contribution is -2.42. The zero-order valence-corrected chi connectivity index (χ0v) is 18.9. The molecule has 0 fully saturated rings. The van der Waals surface area contributed by atoms with E-state index in [2.05, 4.69) is 10.4 Å². The Hall–Kier alpha value is -2.61. The number of aromatic nitrogens is 1. The largest absolute Gasteiger partial charge is 0.465 e. The van der Waals surface area contributed by atoms with Gasteiger partial charge in [-0.05, 0) is 35.6 Å². The van der Waals surface area contributed by atoms with Gasteiger partial charge in [0, 0.05) is 28.6 Å². The summed E-state index contributed by atoms with van der Waals surface area (Å²) in [6.07, 6.45) is 4.01. The highest BCUT2D eigenvalue weighted by Gasteiger charge is 2.31. The third kappa shape index (κ3) is 6.19. The number of ether oxygens (including phenoxy) is 1. The molecule has 10 heteroatoms. The van der Waals surface area contributed by atoms with Crippen LogP contribution in [0.3, 0.4) is 0 Å². The van der Waals surface area contributed by atoms with Crippen LogP contribution >= 0.6 is 19.6 Å². The number of pyridine rings is 1. The molecule has 0 spiro atoms. The average Bonchev–Trinajstić information content (AvgIpc) is 3.23. The normalized spacial score (nSPS) is 12.9. The first-order valence-corrected chi connectivity index (χ1v) is 11.9. The molecular formula is C21H24FN3O4PS+. The number of thiophene rings is 1. The van der Waals surface area contributed by atoms with Gasteiger partial charge in [-0.25, -0.2) is 14.1 Å². The molecule has 0 radical (unpaired) electrons. The number of halogens is 1. The molecule has 2 heterocycles. The van der Waals surface area contributed by atoms with Crippen LogP contribution in [-0.4, -0.2) is 32.1 Å². The first kappa shape index (κ1) is 23.1. The summed E-state index contributed by atoms with van der Waals surface area (Å²) in [5.74, 6) is -2.17. The van der Waals surface area contributed by atoms with Gasteiger partial charge in [-0.15, -0.1) is 11.3 Å². The Balaban J connectivity index is 1.81. The second kappa shape index (κ2) is 11.1. The quantitative estimate of drug-likeness (QED) is 0.273. The zero-order valence-electron chi connectivity index (χ0n) is 17.2. The predicted octanol–water partition coefficient (Wildman–Crippen LogP) is 3.50. The van der Waals surface area contributed by atoms with Crippen LogP contribution in [-0.2, 0) is 9.53 Å². The van der Waals surface area contributed by atoms with E-state index in [9.17, 15) is 9.59 Å². The van der Waals surface area contributed by atoms with Gasteiger partial charge in [0.25, 0.3) is 14.2 Å². The predicted molar refractivity (Wildman–Crippen MR) is 118 cm³/mol. The summed E-state index contributed by atoms with van der Waals surface area (Å²) in [4.78, 5) is 24.3. The van der Waals surface area contributed by atoms with Gasteiger partial charge in [0.1, 0.15) is 6.54 Å². The van der Waals surface area contributed by atoms with Crippen molar-refractivity contribution in [1.82, 2.24) is 10.4 Å². The second-order valence-electron chi connectivity index (χ2n) is 6.52. The molecule has 2 atom stereocenters. The van der Waals surface area contributed by atoms with Gasteiger partial charge in [0.2, 0.25) is 18.3 Å². The lowest BCUT2D eigenvalue weighted by Gasteiger charge is -2.17. The van der Waals surface area contributed by atoms with Crippen molar-refractivity contribution < 1.29 is 28.1 Å². The number of carbonyl (C=O) groups is 2.